The van der Waals surface area contributed by atoms with Gasteiger partial charge >= 0.3 is 0 Å². The van der Waals surface area contributed by atoms with Crippen molar-refractivity contribution in [2.24, 2.45) is 0 Å². The van der Waals surface area contributed by atoms with E-state index in [1.807, 2.05) is 4.90 Å². The van der Waals surface area contributed by atoms with Crippen LogP contribution in [0.1, 0.15) is 27.2 Å². The van der Waals surface area contributed by atoms with Gasteiger partial charge in [0.05, 0.1) is 0 Å². The van der Waals surface area contributed by atoms with Gasteiger partial charge in [0.1, 0.15) is 5.75 Å². The zero-order valence-corrected chi connectivity index (χ0v) is 14.4. The molecule has 2 rings (SSSR count). The van der Waals surface area contributed by atoms with Gasteiger partial charge in [0.15, 0.2) is 6.61 Å². The van der Waals surface area contributed by atoms with Crippen molar-refractivity contribution in [1.29, 1.82) is 0 Å². The second kappa shape index (κ2) is 7.34. The largest absolute Gasteiger partial charge is 0.484 e. The Morgan fingerprint density at radius 2 is 1.77 bits per heavy atom. The van der Waals surface area contributed by atoms with E-state index in [4.69, 9.17) is 16.3 Å². The predicted molar refractivity (Wildman–Crippen MR) is 89.5 cm³/mol. The molecule has 1 aromatic rings. The molecule has 0 aromatic heterocycles. The van der Waals surface area contributed by atoms with Crippen LogP contribution in [0.2, 0.25) is 5.02 Å². The van der Waals surface area contributed by atoms with Crippen LogP contribution >= 0.6 is 11.6 Å². The summed E-state index contributed by atoms with van der Waals surface area (Å²) in [4.78, 5) is 16.6. The third kappa shape index (κ3) is 4.37. The van der Waals surface area contributed by atoms with E-state index in [0.717, 1.165) is 32.6 Å². The van der Waals surface area contributed by atoms with Crippen molar-refractivity contribution in [1.82, 2.24) is 9.80 Å². The first kappa shape index (κ1) is 17.1. The number of benzene rings is 1. The van der Waals surface area contributed by atoms with Gasteiger partial charge in [-0.2, -0.15) is 0 Å². The molecule has 0 aliphatic carbocycles. The first-order valence-corrected chi connectivity index (χ1v) is 8.21. The lowest BCUT2D eigenvalue weighted by Gasteiger charge is -2.43. The van der Waals surface area contributed by atoms with Crippen LogP contribution in [-0.2, 0) is 4.79 Å². The molecule has 1 aliphatic heterocycles. The maximum Gasteiger partial charge on any atom is 0.260 e. The van der Waals surface area contributed by atoms with Crippen LogP contribution < -0.4 is 4.74 Å². The highest BCUT2D eigenvalue weighted by Crippen LogP contribution is 2.20. The molecule has 22 heavy (non-hydrogen) atoms. The van der Waals surface area contributed by atoms with Crippen LogP contribution in [0.3, 0.4) is 0 Å². The Balaban J connectivity index is 1.79. The monoisotopic (exact) mass is 324 g/mol. The number of nitrogens with zero attached hydrogens (tertiary/aromatic N) is 2. The van der Waals surface area contributed by atoms with E-state index in [9.17, 15) is 4.79 Å². The van der Waals surface area contributed by atoms with Crippen molar-refractivity contribution < 1.29 is 9.53 Å². The van der Waals surface area contributed by atoms with Gasteiger partial charge < -0.3 is 9.64 Å². The number of hydrogen-bond donors (Lipinski definition) is 0. The minimum atomic E-state index is 0.0453. The number of amides is 1. The lowest BCUT2D eigenvalue weighted by Crippen LogP contribution is -2.56. The second-order valence-corrected chi connectivity index (χ2v) is 6.71. The maximum absolute atomic E-state index is 12.2. The molecule has 0 atom stereocenters. The highest BCUT2D eigenvalue weighted by atomic mass is 35.5. The molecule has 1 aromatic carbocycles. The summed E-state index contributed by atoms with van der Waals surface area (Å²) in [7, 11) is 0. The van der Waals surface area contributed by atoms with E-state index in [1.165, 1.54) is 0 Å². The van der Waals surface area contributed by atoms with Crippen LogP contribution in [0.25, 0.3) is 0 Å². The minimum absolute atomic E-state index is 0.0453. The molecule has 0 spiro atoms. The van der Waals surface area contributed by atoms with Gasteiger partial charge in [-0.15, -0.1) is 0 Å². The van der Waals surface area contributed by atoms with Crippen LogP contribution in [0.15, 0.2) is 24.3 Å². The highest BCUT2D eigenvalue weighted by molar-refractivity contribution is 6.30. The van der Waals surface area contributed by atoms with Gasteiger partial charge in [-0.3, -0.25) is 9.69 Å². The number of carbonyl (C=O) groups excluding carboxylic acids is 1. The van der Waals surface area contributed by atoms with Crippen LogP contribution in [-0.4, -0.2) is 54.0 Å². The van der Waals surface area contributed by atoms with Crippen LogP contribution in [0.5, 0.6) is 5.75 Å². The van der Waals surface area contributed by atoms with Crippen LogP contribution in [0, 0.1) is 0 Å². The fourth-order valence-corrected chi connectivity index (χ4v) is 2.68. The molecule has 1 fully saturated rings. The van der Waals surface area contributed by atoms with E-state index in [0.29, 0.717) is 10.8 Å². The average Bonchev–Trinajstić information content (AvgIpc) is 2.54. The molecule has 1 saturated heterocycles. The lowest BCUT2D eigenvalue weighted by atomic mass is 9.98. The Kier molecular flexibility index (Phi) is 5.70. The van der Waals surface area contributed by atoms with Gasteiger partial charge in [0.25, 0.3) is 5.91 Å². The van der Waals surface area contributed by atoms with E-state index in [1.54, 1.807) is 24.3 Å². The predicted octanol–water partition coefficient (Wildman–Crippen LogP) is 3.05. The first-order valence-electron chi connectivity index (χ1n) is 7.83. The third-order valence-electron chi connectivity index (χ3n) is 4.53. The Morgan fingerprint density at radius 3 is 2.32 bits per heavy atom. The summed E-state index contributed by atoms with van der Waals surface area (Å²) in [5.74, 6) is 0.715. The van der Waals surface area contributed by atoms with Gasteiger partial charge in [0, 0.05) is 36.7 Å². The third-order valence-corrected chi connectivity index (χ3v) is 4.78. The van der Waals surface area contributed by atoms with Gasteiger partial charge in [-0.05, 0) is 44.5 Å². The zero-order chi connectivity index (χ0) is 16.2. The fourth-order valence-electron chi connectivity index (χ4n) is 2.55. The average molecular weight is 325 g/mol. The van der Waals surface area contributed by atoms with Crippen molar-refractivity contribution in [3.05, 3.63) is 29.3 Å². The summed E-state index contributed by atoms with van der Waals surface area (Å²) in [6.07, 6.45) is 1.11. The van der Waals surface area contributed by atoms with Crippen molar-refractivity contribution in [2.75, 3.05) is 32.8 Å². The van der Waals surface area contributed by atoms with E-state index in [2.05, 4.69) is 25.7 Å². The normalized spacial score (nSPS) is 16.6. The van der Waals surface area contributed by atoms with Crippen molar-refractivity contribution in [3.8, 4) is 5.75 Å². The molecule has 5 heteroatoms. The summed E-state index contributed by atoms with van der Waals surface area (Å²) >= 11 is 5.82. The maximum atomic E-state index is 12.2. The molecule has 0 N–H and O–H groups in total. The molecular weight excluding hydrogens is 300 g/mol. The number of ether oxygens (including phenoxy) is 1. The summed E-state index contributed by atoms with van der Waals surface area (Å²) < 4.78 is 5.53. The molecule has 122 valence electrons. The quantitative estimate of drug-likeness (QED) is 0.834. The number of hydrogen-bond acceptors (Lipinski definition) is 3. The second-order valence-electron chi connectivity index (χ2n) is 6.28. The topological polar surface area (TPSA) is 32.8 Å². The number of piperazine rings is 1. The minimum Gasteiger partial charge on any atom is -0.484 e. The number of halogens is 1. The Labute approximate surface area is 138 Å². The molecule has 1 heterocycles. The SMILES string of the molecule is CCC(C)(C)N1CCN(C(=O)COc2ccc(Cl)cc2)CC1. The van der Waals surface area contributed by atoms with Crippen LogP contribution in [0.4, 0.5) is 0 Å². The Hall–Kier alpha value is -1.26. The smallest absolute Gasteiger partial charge is 0.260 e. The van der Waals surface area contributed by atoms with Gasteiger partial charge in [-0.25, -0.2) is 0 Å². The lowest BCUT2D eigenvalue weighted by molar-refractivity contribution is -0.136. The van der Waals surface area contributed by atoms with Crippen molar-refractivity contribution >= 4 is 17.5 Å². The van der Waals surface area contributed by atoms with Crippen molar-refractivity contribution in [2.45, 2.75) is 32.7 Å². The zero-order valence-electron chi connectivity index (χ0n) is 13.6. The fraction of sp³-hybridized carbons (Fsp3) is 0.588. The highest BCUT2D eigenvalue weighted by Gasteiger charge is 2.29. The molecule has 1 aliphatic rings. The first-order chi connectivity index (χ1) is 10.4. The molecule has 0 radical (unpaired) electrons. The Bertz CT molecular complexity index is 494. The molecule has 4 nitrogen and oxygen atoms in total. The summed E-state index contributed by atoms with van der Waals surface area (Å²) in [6, 6.07) is 7.06. The molecule has 0 saturated carbocycles. The number of carbonyl (C=O) groups is 1. The summed E-state index contributed by atoms with van der Waals surface area (Å²) in [5.41, 5.74) is 0.203. The standard InChI is InChI=1S/C17H25ClN2O2/c1-4-17(2,3)20-11-9-19(10-12-20)16(21)13-22-15-7-5-14(18)6-8-15/h5-8H,4,9-13H2,1-3H3. The molecular formula is C17H25ClN2O2. The summed E-state index contributed by atoms with van der Waals surface area (Å²) in [6.45, 7) is 10.2. The number of rotatable bonds is 5. The van der Waals surface area contributed by atoms with Crippen molar-refractivity contribution in [3.63, 3.8) is 0 Å². The van der Waals surface area contributed by atoms with E-state index >= 15 is 0 Å². The molecule has 1 amide bonds. The van der Waals surface area contributed by atoms with E-state index < -0.39 is 0 Å². The Morgan fingerprint density at radius 1 is 1.18 bits per heavy atom. The molecule has 0 bridgehead atoms. The van der Waals surface area contributed by atoms with Gasteiger partial charge in [0.2, 0.25) is 0 Å². The summed E-state index contributed by atoms with van der Waals surface area (Å²) in [5, 5.41) is 0.660. The molecule has 0 unspecified atom stereocenters. The van der Waals surface area contributed by atoms with E-state index in [-0.39, 0.29) is 18.1 Å². The van der Waals surface area contributed by atoms with Gasteiger partial charge in [-0.1, -0.05) is 18.5 Å².